The van der Waals surface area contributed by atoms with Crippen LogP contribution in [-0.2, 0) is 6.54 Å². The summed E-state index contributed by atoms with van der Waals surface area (Å²) in [6.45, 7) is 0.293. The van der Waals surface area contributed by atoms with Gasteiger partial charge in [-0.25, -0.2) is 9.37 Å². The zero-order valence-corrected chi connectivity index (χ0v) is 11.7. The van der Waals surface area contributed by atoms with Crippen LogP contribution in [0.15, 0.2) is 36.0 Å². The molecule has 0 radical (unpaired) electrons. The summed E-state index contributed by atoms with van der Waals surface area (Å²) in [5.41, 5.74) is 0.998. The summed E-state index contributed by atoms with van der Waals surface area (Å²) in [6.07, 6.45) is 3.74. The lowest BCUT2D eigenvalue weighted by molar-refractivity contribution is 0.0950. The molecule has 7 heteroatoms. The first kappa shape index (κ1) is 13.1. The van der Waals surface area contributed by atoms with Crippen molar-refractivity contribution in [3.05, 3.63) is 58.1 Å². The van der Waals surface area contributed by atoms with Crippen molar-refractivity contribution in [2.75, 3.05) is 0 Å². The molecule has 0 unspecified atom stereocenters. The Morgan fingerprint density at radius 1 is 1.50 bits per heavy atom. The fraction of sp³-hybridized carbons (Fsp3) is 0.0769. The molecule has 0 atom stereocenters. The second-order valence-electron chi connectivity index (χ2n) is 4.13. The third-order valence-corrected chi connectivity index (χ3v) is 3.83. The average Bonchev–Trinajstić information content (AvgIpc) is 2.96. The quantitative estimate of drug-likeness (QED) is 0.808. The number of hydrogen-bond acceptors (Lipinski definition) is 3. The van der Waals surface area contributed by atoms with Gasteiger partial charge in [-0.3, -0.25) is 9.20 Å². The van der Waals surface area contributed by atoms with Crippen LogP contribution in [0.4, 0.5) is 4.39 Å². The number of fused-ring (bicyclic) bond motifs is 1. The van der Waals surface area contributed by atoms with Crippen molar-refractivity contribution >= 4 is 33.8 Å². The molecule has 4 nitrogen and oxygen atoms in total. The van der Waals surface area contributed by atoms with E-state index in [0.29, 0.717) is 6.54 Å². The fourth-order valence-corrected chi connectivity index (χ4v) is 2.77. The van der Waals surface area contributed by atoms with Crippen molar-refractivity contribution in [2.45, 2.75) is 6.54 Å². The van der Waals surface area contributed by atoms with E-state index in [2.05, 4.69) is 10.3 Å². The molecule has 20 heavy (non-hydrogen) atoms. The third-order valence-electron chi connectivity index (χ3n) is 2.75. The summed E-state index contributed by atoms with van der Waals surface area (Å²) in [7, 11) is 0. The molecular weight excluding hydrogens is 301 g/mol. The first-order valence-electron chi connectivity index (χ1n) is 5.78. The summed E-state index contributed by atoms with van der Waals surface area (Å²) in [5.74, 6) is -0.827. The zero-order valence-electron chi connectivity index (χ0n) is 10.1. The van der Waals surface area contributed by atoms with Crippen LogP contribution in [0.25, 0.3) is 4.96 Å². The van der Waals surface area contributed by atoms with E-state index >= 15 is 0 Å². The van der Waals surface area contributed by atoms with Crippen LogP contribution in [0.2, 0.25) is 5.02 Å². The van der Waals surface area contributed by atoms with Crippen molar-refractivity contribution in [1.29, 1.82) is 0 Å². The van der Waals surface area contributed by atoms with Crippen LogP contribution in [0, 0.1) is 5.82 Å². The molecule has 3 rings (SSSR count). The molecule has 0 fully saturated rings. The first-order chi connectivity index (χ1) is 9.63. The van der Waals surface area contributed by atoms with E-state index in [1.165, 1.54) is 23.5 Å². The Labute approximate surface area is 122 Å². The van der Waals surface area contributed by atoms with Crippen molar-refractivity contribution in [1.82, 2.24) is 14.7 Å². The molecule has 2 aromatic heterocycles. The van der Waals surface area contributed by atoms with E-state index in [4.69, 9.17) is 11.6 Å². The molecule has 0 saturated heterocycles. The van der Waals surface area contributed by atoms with Gasteiger partial charge in [0, 0.05) is 17.8 Å². The molecule has 102 valence electrons. The average molecular weight is 310 g/mol. The normalized spacial score (nSPS) is 10.9. The van der Waals surface area contributed by atoms with Crippen LogP contribution >= 0.6 is 22.9 Å². The number of amides is 1. The van der Waals surface area contributed by atoms with Crippen molar-refractivity contribution in [2.24, 2.45) is 0 Å². The van der Waals surface area contributed by atoms with E-state index < -0.39 is 5.82 Å². The van der Waals surface area contributed by atoms with Crippen LogP contribution < -0.4 is 5.32 Å². The van der Waals surface area contributed by atoms with Gasteiger partial charge in [0.25, 0.3) is 5.91 Å². The minimum Gasteiger partial charge on any atom is -0.346 e. The number of halogens is 2. The van der Waals surface area contributed by atoms with Crippen LogP contribution in [0.5, 0.6) is 0 Å². The first-order valence-corrected chi connectivity index (χ1v) is 7.03. The number of carbonyl (C=O) groups excluding carboxylic acids is 1. The van der Waals surface area contributed by atoms with Crippen LogP contribution in [0.1, 0.15) is 16.1 Å². The highest BCUT2D eigenvalue weighted by atomic mass is 35.5. The number of imidazole rings is 1. The predicted octanol–water partition coefficient (Wildman–Crippen LogP) is 3.12. The molecular formula is C13H9ClFN3OS. The Hall–Kier alpha value is -1.92. The van der Waals surface area contributed by atoms with E-state index in [0.717, 1.165) is 16.7 Å². The molecule has 0 bridgehead atoms. The molecule has 0 spiro atoms. The summed E-state index contributed by atoms with van der Waals surface area (Å²) in [5, 5.41) is 4.73. The molecule has 2 heterocycles. The van der Waals surface area contributed by atoms with Gasteiger partial charge in [0.15, 0.2) is 4.96 Å². The lowest BCUT2D eigenvalue weighted by Crippen LogP contribution is -2.23. The van der Waals surface area contributed by atoms with E-state index in [1.54, 1.807) is 0 Å². The Kier molecular flexibility index (Phi) is 3.42. The number of nitrogens with one attached hydrogen (secondary N) is 1. The van der Waals surface area contributed by atoms with Gasteiger partial charge in [0.2, 0.25) is 0 Å². The van der Waals surface area contributed by atoms with Gasteiger partial charge in [-0.15, -0.1) is 11.3 Å². The minimum absolute atomic E-state index is 0.0910. The Morgan fingerprint density at radius 2 is 2.35 bits per heavy atom. The van der Waals surface area contributed by atoms with Gasteiger partial charge in [-0.05, 0) is 18.2 Å². The summed E-state index contributed by atoms with van der Waals surface area (Å²) >= 11 is 7.35. The SMILES string of the molecule is O=C(NCc1cn2ccsc2n1)c1ccc(F)cc1Cl. The monoisotopic (exact) mass is 309 g/mol. The second-order valence-corrected chi connectivity index (χ2v) is 5.41. The molecule has 1 amide bonds. The molecule has 0 aliphatic carbocycles. The predicted molar refractivity (Wildman–Crippen MR) is 75.6 cm³/mol. The summed E-state index contributed by atoms with van der Waals surface area (Å²) in [4.78, 5) is 17.2. The van der Waals surface area contributed by atoms with Crippen LogP contribution in [-0.4, -0.2) is 15.3 Å². The van der Waals surface area contributed by atoms with Gasteiger partial charge < -0.3 is 5.32 Å². The summed E-state index contributed by atoms with van der Waals surface area (Å²) < 4.78 is 14.8. The van der Waals surface area contributed by atoms with E-state index in [9.17, 15) is 9.18 Å². The van der Waals surface area contributed by atoms with Gasteiger partial charge in [0.05, 0.1) is 22.8 Å². The van der Waals surface area contributed by atoms with Crippen LogP contribution in [0.3, 0.4) is 0 Å². The molecule has 0 aliphatic rings. The largest absolute Gasteiger partial charge is 0.346 e. The molecule has 1 N–H and O–H groups in total. The minimum atomic E-state index is -0.471. The molecule has 1 aromatic carbocycles. The number of thiazole rings is 1. The Bertz CT molecular complexity index is 754. The number of aromatic nitrogens is 2. The fourth-order valence-electron chi connectivity index (χ4n) is 1.80. The lowest BCUT2D eigenvalue weighted by Gasteiger charge is -2.05. The summed E-state index contributed by atoms with van der Waals surface area (Å²) in [6, 6.07) is 3.68. The molecule has 3 aromatic rings. The number of carbonyl (C=O) groups is 1. The Morgan fingerprint density at radius 3 is 3.10 bits per heavy atom. The van der Waals surface area contributed by atoms with Gasteiger partial charge in [-0.2, -0.15) is 0 Å². The highest BCUT2D eigenvalue weighted by molar-refractivity contribution is 7.15. The van der Waals surface area contributed by atoms with Gasteiger partial charge in [0.1, 0.15) is 5.82 Å². The number of rotatable bonds is 3. The highest BCUT2D eigenvalue weighted by Crippen LogP contribution is 2.17. The third kappa shape index (κ3) is 2.52. The number of nitrogens with zero attached hydrogens (tertiary/aromatic N) is 2. The molecule has 0 aliphatic heterocycles. The second kappa shape index (κ2) is 5.22. The maximum absolute atomic E-state index is 12.9. The highest BCUT2D eigenvalue weighted by Gasteiger charge is 2.11. The topological polar surface area (TPSA) is 46.4 Å². The van der Waals surface area contributed by atoms with Gasteiger partial charge >= 0.3 is 0 Å². The maximum Gasteiger partial charge on any atom is 0.253 e. The van der Waals surface area contributed by atoms with Crippen molar-refractivity contribution in [3.8, 4) is 0 Å². The number of hydrogen-bond donors (Lipinski definition) is 1. The van der Waals surface area contributed by atoms with Gasteiger partial charge in [-0.1, -0.05) is 11.6 Å². The van der Waals surface area contributed by atoms with Crippen molar-refractivity contribution < 1.29 is 9.18 Å². The lowest BCUT2D eigenvalue weighted by atomic mass is 10.2. The zero-order chi connectivity index (χ0) is 14.1. The smallest absolute Gasteiger partial charge is 0.253 e. The van der Waals surface area contributed by atoms with E-state index in [1.807, 2.05) is 22.2 Å². The Balaban J connectivity index is 1.71. The van der Waals surface area contributed by atoms with Crippen molar-refractivity contribution in [3.63, 3.8) is 0 Å². The molecule has 0 saturated carbocycles. The van der Waals surface area contributed by atoms with E-state index in [-0.39, 0.29) is 16.5 Å². The standard InChI is InChI=1S/C13H9ClFN3OS/c14-11-5-8(15)1-2-10(11)12(19)16-6-9-7-18-3-4-20-13(18)17-9/h1-5,7H,6H2,(H,16,19). The number of benzene rings is 1. The maximum atomic E-state index is 12.9.